The summed E-state index contributed by atoms with van der Waals surface area (Å²) in [5, 5.41) is 2.82. The largest absolute Gasteiger partial charge is 0.352 e. The maximum Gasteiger partial charge on any atom is 0.317 e. The minimum atomic E-state index is -2.97. The highest BCUT2D eigenvalue weighted by molar-refractivity contribution is 7.91. The summed E-state index contributed by atoms with van der Waals surface area (Å²) in [6.07, 6.45) is 5.49. The predicted octanol–water partition coefficient (Wildman–Crippen LogP) is -0.505. The van der Waals surface area contributed by atoms with E-state index in [0.717, 1.165) is 5.82 Å². The number of hydrogen-bond donors (Lipinski definition) is 1. The molecule has 9 heteroatoms. The maximum atomic E-state index is 12.2. The van der Waals surface area contributed by atoms with Crippen LogP contribution < -0.4 is 10.2 Å². The van der Waals surface area contributed by atoms with Gasteiger partial charge >= 0.3 is 6.03 Å². The first-order valence-corrected chi connectivity index (χ1v) is 9.12. The van der Waals surface area contributed by atoms with Crippen molar-refractivity contribution in [2.75, 3.05) is 42.6 Å². The zero-order valence-corrected chi connectivity index (χ0v) is 13.0. The van der Waals surface area contributed by atoms with Gasteiger partial charge in [0.2, 0.25) is 0 Å². The molecule has 22 heavy (non-hydrogen) atoms. The highest BCUT2D eigenvalue weighted by Crippen LogP contribution is 2.14. The summed E-state index contributed by atoms with van der Waals surface area (Å²) in [5.74, 6) is 1.03. The van der Waals surface area contributed by atoms with Crippen molar-refractivity contribution in [3.05, 3.63) is 18.6 Å². The van der Waals surface area contributed by atoms with Crippen LogP contribution in [0.25, 0.3) is 0 Å². The highest BCUT2D eigenvalue weighted by atomic mass is 32.2. The molecule has 0 aliphatic carbocycles. The summed E-state index contributed by atoms with van der Waals surface area (Å²) < 4.78 is 22.8. The summed E-state index contributed by atoms with van der Waals surface area (Å²) in [6.45, 7) is 2.55. The molecule has 2 aliphatic rings. The van der Waals surface area contributed by atoms with E-state index < -0.39 is 9.84 Å². The van der Waals surface area contributed by atoms with Crippen LogP contribution in [0.15, 0.2) is 18.6 Å². The van der Waals surface area contributed by atoms with Crippen LogP contribution in [0, 0.1) is 0 Å². The number of carbonyl (C=O) groups is 1. The lowest BCUT2D eigenvalue weighted by Gasteiger charge is -2.35. The number of aromatic nitrogens is 2. The van der Waals surface area contributed by atoms with Crippen LogP contribution in [-0.2, 0) is 9.84 Å². The van der Waals surface area contributed by atoms with Gasteiger partial charge in [0, 0.05) is 44.6 Å². The van der Waals surface area contributed by atoms with E-state index in [1.807, 2.05) is 0 Å². The Morgan fingerprint density at radius 2 is 2.00 bits per heavy atom. The predicted molar refractivity (Wildman–Crippen MR) is 81.4 cm³/mol. The monoisotopic (exact) mass is 325 g/mol. The van der Waals surface area contributed by atoms with Crippen molar-refractivity contribution >= 4 is 21.7 Å². The lowest BCUT2D eigenvalue weighted by atomic mass is 10.2. The van der Waals surface area contributed by atoms with Gasteiger partial charge in [-0.25, -0.2) is 18.2 Å². The van der Waals surface area contributed by atoms with Crippen LogP contribution >= 0.6 is 0 Å². The molecule has 0 bridgehead atoms. The zero-order chi connectivity index (χ0) is 15.6. The highest BCUT2D eigenvalue weighted by Gasteiger charge is 2.31. The summed E-state index contributed by atoms with van der Waals surface area (Å²) in [7, 11) is -2.97. The molecule has 2 saturated heterocycles. The second-order valence-corrected chi connectivity index (χ2v) is 7.82. The molecule has 120 valence electrons. The molecule has 1 aromatic rings. The van der Waals surface area contributed by atoms with Crippen LogP contribution in [0.4, 0.5) is 10.6 Å². The van der Waals surface area contributed by atoms with Gasteiger partial charge in [0.1, 0.15) is 5.82 Å². The van der Waals surface area contributed by atoms with Gasteiger partial charge in [0.25, 0.3) is 0 Å². The number of sulfone groups is 1. The molecule has 0 radical (unpaired) electrons. The van der Waals surface area contributed by atoms with Crippen molar-refractivity contribution in [2.45, 2.75) is 12.5 Å². The third-order valence-electron chi connectivity index (χ3n) is 4.00. The molecule has 8 nitrogen and oxygen atoms in total. The van der Waals surface area contributed by atoms with Crippen LogP contribution in [0.3, 0.4) is 0 Å². The number of nitrogens with one attached hydrogen (secondary N) is 1. The number of anilines is 1. The lowest BCUT2D eigenvalue weighted by molar-refractivity contribution is 0.191. The molecule has 2 aliphatic heterocycles. The molecule has 2 fully saturated rings. The van der Waals surface area contributed by atoms with Crippen molar-refractivity contribution in [2.24, 2.45) is 0 Å². The van der Waals surface area contributed by atoms with Gasteiger partial charge in [-0.1, -0.05) is 0 Å². The van der Waals surface area contributed by atoms with E-state index in [0.29, 0.717) is 32.6 Å². The third-order valence-corrected chi connectivity index (χ3v) is 5.77. The zero-order valence-electron chi connectivity index (χ0n) is 12.2. The summed E-state index contributed by atoms with van der Waals surface area (Å²) >= 11 is 0. The molecule has 0 spiro atoms. The van der Waals surface area contributed by atoms with Gasteiger partial charge in [0.05, 0.1) is 17.7 Å². The summed E-state index contributed by atoms with van der Waals surface area (Å²) in [6, 6.07) is -0.434. The van der Waals surface area contributed by atoms with Crippen LogP contribution in [0.2, 0.25) is 0 Å². The minimum Gasteiger partial charge on any atom is -0.352 e. The Morgan fingerprint density at radius 3 is 2.59 bits per heavy atom. The molecule has 3 rings (SSSR count). The lowest BCUT2D eigenvalue weighted by Crippen LogP contribution is -2.53. The average molecular weight is 325 g/mol. The van der Waals surface area contributed by atoms with Crippen LogP contribution in [0.5, 0.6) is 0 Å². The van der Waals surface area contributed by atoms with E-state index in [1.54, 1.807) is 23.5 Å². The smallest absolute Gasteiger partial charge is 0.317 e. The number of piperazine rings is 1. The fourth-order valence-corrected chi connectivity index (χ4v) is 4.44. The first-order chi connectivity index (χ1) is 10.5. The molecular formula is C13H19N5O3S. The Hall–Kier alpha value is -1.90. The standard InChI is InChI=1S/C13H19N5O3S/c19-13(16-11-1-8-22(20,21)10-11)18-6-4-17(5-7-18)12-9-14-2-3-15-12/h2-3,9,11H,1,4-8,10H2,(H,16,19)/t11-/m1/s1. The number of nitrogens with zero attached hydrogens (tertiary/aromatic N) is 4. The fourth-order valence-electron chi connectivity index (χ4n) is 2.77. The summed E-state index contributed by atoms with van der Waals surface area (Å²) in [5.41, 5.74) is 0. The van der Waals surface area contributed by atoms with E-state index in [9.17, 15) is 13.2 Å². The van der Waals surface area contributed by atoms with E-state index in [2.05, 4.69) is 20.2 Å². The minimum absolute atomic E-state index is 0.0539. The van der Waals surface area contributed by atoms with Gasteiger partial charge in [-0.05, 0) is 6.42 Å². The van der Waals surface area contributed by atoms with Crippen molar-refractivity contribution in [1.29, 1.82) is 0 Å². The second-order valence-electron chi connectivity index (χ2n) is 5.59. The Labute approximate surface area is 129 Å². The molecule has 3 heterocycles. The van der Waals surface area contributed by atoms with Crippen molar-refractivity contribution in [3.63, 3.8) is 0 Å². The Kier molecular flexibility index (Phi) is 4.14. The Balaban J connectivity index is 1.50. The molecule has 2 amide bonds. The van der Waals surface area contributed by atoms with Gasteiger partial charge in [-0.2, -0.15) is 0 Å². The molecule has 0 aromatic carbocycles. The molecule has 0 saturated carbocycles. The number of hydrogen-bond acceptors (Lipinski definition) is 6. The number of urea groups is 1. The van der Waals surface area contributed by atoms with Gasteiger partial charge in [-0.15, -0.1) is 0 Å². The summed E-state index contributed by atoms with van der Waals surface area (Å²) in [4.78, 5) is 24.3. The van der Waals surface area contributed by atoms with E-state index in [4.69, 9.17) is 0 Å². The second kappa shape index (κ2) is 6.07. The normalized spacial score (nSPS) is 24.3. The molecule has 1 aromatic heterocycles. The first-order valence-electron chi connectivity index (χ1n) is 7.30. The maximum absolute atomic E-state index is 12.2. The Morgan fingerprint density at radius 1 is 1.23 bits per heavy atom. The number of carbonyl (C=O) groups excluding carboxylic acids is 1. The quantitative estimate of drug-likeness (QED) is 0.787. The van der Waals surface area contributed by atoms with Crippen molar-refractivity contribution < 1.29 is 13.2 Å². The molecule has 1 atom stereocenters. The molecular weight excluding hydrogens is 306 g/mol. The molecule has 0 unspecified atom stereocenters. The van der Waals surface area contributed by atoms with Gasteiger partial charge < -0.3 is 15.1 Å². The van der Waals surface area contributed by atoms with Crippen molar-refractivity contribution in [1.82, 2.24) is 20.2 Å². The molecule has 1 N–H and O–H groups in total. The fraction of sp³-hybridized carbons (Fsp3) is 0.615. The van der Waals surface area contributed by atoms with Crippen LogP contribution in [0.1, 0.15) is 6.42 Å². The van der Waals surface area contributed by atoms with E-state index in [-0.39, 0.29) is 23.6 Å². The van der Waals surface area contributed by atoms with E-state index in [1.165, 1.54) is 0 Å². The first kappa shape index (κ1) is 15.0. The van der Waals surface area contributed by atoms with Gasteiger partial charge in [-0.3, -0.25) is 4.98 Å². The van der Waals surface area contributed by atoms with E-state index >= 15 is 0 Å². The SMILES string of the molecule is O=C(N[C@@H]1CCS(=O)(=O)C1)N1CCN(c2cnccn2)CC1. The Bertz CT molecular complexity index is 628. The number of amides is 2. The third kappa shape index (κ3) is 3.46. The van der Waals surface area contributed by atoms with Gasteiger partial charge in [0.15, 0.2) is 9.84 Å². The topological polar surface area (TPSA) is 95.5 Å². The number of rotatable bonds is 2. The van der Waals surface area contributed by atoms with Crippen molar-refractivity contribution in [3.8, 4) is 0 Å². The average Bonchev–Trinajstić information content (AvgIpc) is 2.87. The van der Waals surface area contributed by atoms with Crippen LogP contribution in [-0.4, -0.2) is 73.0 Å².